The number of hydrogen-bond acceptors (Lipinski definition) is 6. The van der Waals surface area contributed by atoms with Crippen LogP contribution in [0.15, 0.2) is 99.9 Å². The zero-order valence-electron chi connectivity index (χ0n) is 20.0. The van der Waals surface area contributed by atoms with Crippen molar-refractivity contribution >= 4 is 33.1 Å². The van der Waals surface area contributed by atoms with E-state index >= 15 is 0 Å². The Kier molecular flexibility index (Phi) is 6.40. The van der Waals surface area contributed by atoms with Gasteiger partial charge in [0.1, 0.15) is 5.82 Å². The van der Waals surface area contributed by atoms with Gasteiger partial charge in [0, 0.05) is 34.3 Å². The molecule has 0 radical (unpaired) electrons. The predicted octanol–water partition coefficient (Wildman–Crippen LogP) is 6.36. The van der Waals surface area contributed by atoms with Gasteiger partial charge in [-0.1, -0.05) is 64.5 Å². The summed E-state index contributed by atoms with van der Waals surface area (Å²) in [4.78, 5) is 26.7. The maximum Gasteiger partial charge on any atom is 0.271 e. The molecular weight excluding hydrogens is 532 g/mol. The first-order valence-electron chi connectivity index (χ1n) is 11.8. The van der Waals surface area contributed by atoms with Gasteiger partial charge in [0.25, 0.3) is 5.69 Å². The van der Waals surface area contributed by atoms with E-state index in [0.29, 0.717) is 29.8 Å². The molecule has 184 valence electrons. The Balaban J connectivity index is 1.76. The summed E-state index contributed by atoms with van der Waals surface area (Å²) < 4.78 is 0.879. The number of nitro benzene ring substituents is 1. The molecule has 2 N–H and O–H groups in total. The summed E-state index contributed by atoms with van der Waals surface area (Å²) in [5.74, 6) is -0.584. The minimum Gasteiger partial charge on any atom is -0.384 e. The Bertz CT molecular complexity index is 1520. The number of Topliss-reactive ketones (excluding diaryl/α,β-unsaturated/α-hetero) is 1. The third-order valence-corrected chi connectivity index (χ3v) is 7.61. The highest BCUT2D eigenvalue weighted by atomic mass is 79.9. The first-order valence-corrected chi connectivity index (χ1v) is 12.6. The van der Waals surface area contributed by atoms with E-state index < -0.39 is 10.8 Å². The Hall–Kier alpha value is -4.22. The molecular formula is C29H23BrN4O3. The molecule has 1 aliphatic heterocycles. The number of nitro groups is 1. The summed E-state index contributed by atoms with van der Waals surface area (Å²) in [6.07, 6.45) is 0.801. The number of aryl methyl sites for hydroxylation is 1. The first-order chi connectivity index (χ1) is 17.8. The highest BCUT2D eigenvalue weighted by Crippen LogP contribution is 2.50. The Morgan fingerprint density at radius 2 is 1.76 bits per heavy atom. The Morgan fingerprint density at radius 3 is 2.41 bits per heavy atom. The van der Waals surface area contributed by atoms with Gasteiger partial charge in [0.2, 0.25) is 0 Å². The number of rotatable bonds is 4. The highest BCUT2D eigenvalue weighted by molar-refractivity contribution is 9.10. The number of nitriles is 1. The summed E-state index contributed by atoms with van der Waals surface area (Å²) in [5, 5.41) is 21.9. The van der Waals surface area contributed by atoms with E-state index in [9.17, 15) is 20.2 Å². The number of hydrogen-bond donors (Lipinski definition) is 1. The molecule has 0 fully saturated rings. The van der Waals surface area contributed by atoms with E-state index in [0.717, 1.165) is 21.2 Å². The molecule has 2 aliphatic rings. The van der Waals surface area contributed by atoms with E-state index in [-0.39, 0.29) is 28.8 Å². The summed E-state index contributed by atoms with van der Waals surface area (Å²) in [7, 11) is 0. The lowest BCUT2D eigenvalue weighted by molar-refractivity contribution is -0.384. The molecule has 1 aliphatic carbocycles. The van der Waals surface area contributed by atoms with Crippen molar-refractivity contribution in [2.75, 3.05) is 4.90 Å². The molecule has 0 amide bonds. The molecule has 0 bridgehead atoms. The number of carbonyl (C=O) groups is 1. The monoisotopic (exact) mass is 554 g/mol. The molecule has 2 unspecified atom stereocenters. The number of benzene rings is 3. The van der Waals surface area contributed by atoms with Gasteiger partial charge in [-0.3, -0.25) is 19.8 Å². The lowest BCUT2D eigenvalue weighted by Gasteiger charge is -2.42. The van der Waals surface area contributed by atoms with Gasteiger partial charge >= 0.3 is 0 Å². The summed E-state index contributed by atoms with van der Waals surface area (Å²) >= 11 is 3.45. The molecule has 2 atom stereocenters. The topological polar surface area (TPSA) is 113 Å². The van der Waals surface area contributed by atoms with Crippen molar-refractivity contribution in [1.29, 1.82) is 5.26 Å². The fraction of sp³-hybridized carbons (Fsp3) is 0.172. The van der Waals surface area contributed by atoms with Crippen molar-refractivity contribution in [3.63, 3.8) is 0 Å². The quantitative estimate of drug-likeness (QED) is 0.296. The second-order valence-corrected chi connectivity index (χ2v) is 10.2. The fourth-order valence-electron chi connectivity index (χ4n) is 5.31. The second kappa shape index (κ2) is 9.68. The van der Waals surface area contributed by atoms with Crippen molar-refractivity contribution in [1.82, 2.24) is 0 Å². The van der Waals surface area contributed by atoms with Gasteiger partial charge in [-0.15, -0.1) is 0 Å². The molecule has 7 nitrogen and oxygen atoms in total. The molecule has 0 saturated heterocycles. The Labute approximate surface area is 222 Å². The Morgan fingerprint density at radius 1 is 1.05 bits per heavy atom. The fourth-order valence-corrected chi connectivity index (χ4v) is 5.57. The van der Waals surface area contributed by atoms with E-state index in [4.69, 9.17) is 5.73 Å². The van der Waals surface area contributed by atoms with Crippen molar-refractivity contribution in [3.05, 3.63) is 127 Å². The van der Waals surface area contributed by atoms with Crippen LogP contribution in [0.4, 0.5) is 11.4 Å². The van der Waals surface area contributed by atoms with Crippen LogP contribution in [0.3, 0.4) is 0 Å². The van der Waals surface area contributed by atoms with Crippen molar-refractivity contribution < 1.29 is 9.72 Å². The standard InChI is InChI=1S/C29H23BrN4O3/c1-17-7-12-22(34(36)37)15-24(17)33-25-13-20(18-5-3-2-4-6-18)14-26(35)28(25)27(23(16-31)29(33)32)19-8-10-21(30)11-9-19/h2-12,15,20,27H,13-14,32H2,1H3. The molecule has 8 heteroatoms. The van der Waals surface area contributed by atoms with Crippen LogP contribution in [0, 0.1) is 28.4 Å². The van der Waals surface area contributed by atoms with Crippen LogP contribution in [0.5, 0.6) is 0 Å². The average molecular weight is 555 g/mol. The average Bonchev–Trinajstić information content (AvgIpc) is 2.89. The van der Waals surface area contributed by atoms with Crippen LogP contribution in [0.25, 0.3) is 0 Å². The van der Waals surface area contributed by atoms with Crippen LogP contribution in [0.1, 0.15) is 41.4 Å². The van der Waals surface area contributed by atoms with Gasteiger partial charge in [-0.2, -0.15) is 5.26 Å². The minimum atomic E-state index is -0.618. The summed E-state index contributed by atoms with van der Waals surface area (Å²) in [6.45, 7) is 1.83. The van der Waals surface area contributed by atoms with Crippen LogP contribution in [-0.2, 0) is 4.79 Å². The number of nitrogens with two attached hydrogens (primary N) is 1. The molecule has 3 aromatic rings. The van der Waals surface area contributed by atoms with Crippen molar-refractivity contribution in [2.45, 2.75) is 31.6 Å². The molecule has 0 aromatic heterocycles. The van der Waals surface area contributed by atoms with Gasteiger partial charge in [-0.25, -0.2) is 0 Å². The lowest BCUT2D eigenvalue weighted by Crippen LogP contribution is -2.40. The minimum absolute atomic E-state index is 0.0589. The maximum absolute atomic E-state index is 13.9. The van der Waals surface area contributed by atoms with Crippen molar-refractivity contribution in [2.24, 2.45) is 5.73 Å². The second-order valence-electron chi connectivity index (χ2n) is 9.26. The van der Waals surface area contributed by atoms with Crippen LogP contribution in [0.2, 0.25) is 0 Å². The molecule has 0 saturated carbocycles. The van der Waals surface area contributed by atoms with Gasteiger partial charge in [0.15, 0.2) is 5.78 Å². The number of nitrogens with zero attached hydrogens (tertiary/aromatic N) is 3. The maximum atomic E-state index is 13.9. The number of anilines is 1. The van der Waals surface area contributed by atoms with E-state index in [1.807, 2.05) is 61.5 Å². The van der Waals surface area contributed by atoms with Gasteiger partial charge < -0.3 is 5.73 Å². The number of halogens is 1. The largest absolute Gasteiger partial charge is 0.384 e. The lowest BCUT2D eigenvalue weighted by atomic mass is 9.72. The SMILES string of the molecule is Cc1ccc([N+](=O)[O-])cc1N1C(N)=C(C#N)C(c2ccc(Br)cc2)C2=C1CC(c1ccccc1)CC2=O. The smallest absolute Gasteiger partial charge is 0.271 e. The van der Waals surface area contributed by atoms with Gasteiger partial charge in [0.05, 0.1) is 28.2 Å². The molecule has 3 aromatic carbocycles. The van der Waals surface area contributed by atoms with Crippen LogP contribution in [-0.4, -0.2) is 10.7 Å². The van der Waals surface area contributed by atoms with E-state index in [1.54, 1.807) is 11.0 Å². The molecule has 0 spiro atoms. The van der Waals surface area contributed by atoms with E-state index in [1.165, 1.54) is 12.1 Å². The third-order valence-electron chi connectivity index (χ3n) is 7.09. The predicted molar refractivity (Wildman–Crippen MR) is 144 cm³/mol. The zero-order chi connectivity index (χ0) is 26.3. The normalized spacial score (nSPS) is 19.5. The number of ketones is 1. The van der Waals surface area contributed by atoms with Crippen LogP contribution >= 0.6 is 15.9 Å². The highest BCUT2D eigenvalue weighted by Gasteiger charge is 2.43. The number of non-ortho nitro benzene ring substituents is 1. The molecule has 37 heavy (non-hydrogen) atoms. The third kappa shape index (κ3) is 4.32. The first kappa shape index (κ1) is 24.5. The van der Waals surface area contributed by atoms with E-state index in [2.05, 4.69) is 22.0 Å². The number of allylic oxidation sites excluding steroid dienone is 3. The zero-order valence-corrected chi connectivity index (χ0v) is 21.6. The van der Waals surface area contributed by atoms with Gasteiger partial charge in [-0.05, 0) is 48.1 Å². The summed E-state index contributed by atoms with van der Waals surface area (Å²) in [5.41, 5.74) is 11.1. The molecule has 1 heterocycles. The van der Waals surface area contributed by atoms with Crippen molar-refractivity contribution in [3.8, 4) is 6.07 Å². The number of carbonyl (C=O) groups excluding carboxylic acids is 1. The van der Waals surface area contributed by atoms with Crippen LogP contribution < -0.4 is 10.6 Å². The summed E-state index contributed by atoms with van der Waals surface area (Å²) in [6, 6.07) is 24.1. The molecule has 5 rings (SSSR count).